The maximum Gasteiger partial charge on any atom is 0.264 e. The van der Waals surface area contributed by atoms with Gasteiger partial charge in [0.2, 0.25) is 11.8 Å². The Hall–Kier alpha value is -3.50. The normalized spacial score (nSPS) is 12.4. The van der Waals surface area contributed by atoms with Crippen molar-refractivity contribution < 1.29 is 22.7 Å². The van der Waals surface area contributed by atoms with Gasteiger partial charge in [-0.15, -0.1) is 11.8 Å². The highest BCUT2D eigenvalue weighted by molar-refractivity contribution is 7.98. The summed E-state index contributed by atoms with van der Waals surface area (Å²) in [6, 6.07) is 19.9. The van der Waals surface area contributed by atoms with Gasteiger partial charge in [-0.25, -0.2) is 8.42 Å². The van der Waals surface area contributed by atoms with Gasteiger partial charge in [-0.2, -0.15) is 0 Å². The third kappa shape index (κ3) is 8.51. The summed E-state index contributed by atoms with van der Waals surface area (Å²) < 4.78 is 34.7. The van der Waals surface area contributed by atoms with E-state index in [2.05, 4.69) is 5.32 Å². The van der Waals surface area contributed by atoms with E-state index in [4.69, 9.17) is 4.74 Å². The maximum atomic E-state index is 14.1. The molecule has 1 N–H and O–H groups in total. The molecule has 0 aliphatic carbocycles. The van der Waals surface area contributed by atoms with E-state index in [1.807, 2.05) is 65.1 Å². The van der Waals surface area contributed by atoms with Crippen LogP contribution in [0.1, 0.15) is 45.7 Å². The van der Waals surface area contributed by atoms with Crippen molar-refractivity contribution >= 4 is 39.3 Å². The fraction of sp³-hybridized carbons (Fsp3) is 0.375. The number of ether oxygens (including phenoxy) is 1. The summed E-state index contributed by atoms with van der Waals surface area (Å²) in [5.41, 5.74) is 1.62. The molecule has 0 saturated heterocycles. The number of thioether (sulfide) groups is 1. The SMILES string of the molecule is CCOc1ccc(N(CC(=O)N(Cc2ccccc2C)[C@H](C)C(=O)NC(C)(C)C)S(=O)(=O)c2ccc(SC)cc2)cc1. The zero-order chi connectivity index (χ0) is 31.1. The molecule has 3 aromatic carbocycles. The first-order valence-corrected chi connectivity index (χ1v) is 16.5. The fourth-order valence-corrected chi connectivity index (χ4v) is 6.13. The molecule has 3 rings (SSSR count). The van der Waals surface area contributed by atoms with E-state index >= 15 is 0 Å². The molecule has 0 aliphatic heterocycles. The minimum Gasteiger partial charge on any atom is -0.494 e. The molecule has 226 valence electrons. The van der Waals surface area contributed by atoms with Crippen molar-refractivity contribution in [3.8, 4) is 5.75 Å². The molecular weight excluding hydrogens is 571 g/mol. The lowest BCUT2D eigenvalue weighted by atomic mass is 10.1. The Kier molecular flexibility index (Phi) is 11.1. The number of nitrogens with zero attached hydrogens (tertiary/aromatic N) is 2. The number of hydrogen-bond acceptors (Lipinski definition) is 6. The van der Waals surface area contributed by atoms with Crippen LogP contribution >= 0.6 is 11.8 Å². The van der Waals surface area contributed by atoms with Gasteiger partial charge in [-0.3, -0.25) is 13.9 Å². The molecule has 0 fully saturated rings. The smallest absolute Gasteiger partial charge is 0.264 e. The average molecular weight is 612 g/mol. The molecule has 0 bridgehead atoms. The molecule has 1 atom stereocenters. The number of nitrogens with one attached hydrogen (secondary N) is 1. The Labute approximate surface area is 254 Å². The predicted octanol–water partition coefficient (Wildman–Crippen LogP) is 5.64. The molecule has 42 heavy (non-hydrogen) atoms. The van der Waals surface area contributed by atoms with Crippen LogP contribution in [0.25, 0.3) is 0 Å². The highest BCUT2D eigenvalue weighted by atomic mass is 32.2. The van der Waals surface area contributed by atoms with Gasteiger partial charge >= 0.3 is 0 Å². The van der Waals surface area contributed by atoms with Gasteiger partial charge in [0.05, 0.1) is 17.2 Å². The van der Waals surface area contributed by atoms with Gasteiger partial charge in [0, 0.05) is 17.0 Å². The monoisotopic (exact) mass is 611 g/mol. The largest absolute Gasteiger partial charge is 0.494 e. The summed E-state index contributed by atoms with van der Waals surface area (Å²) in [4.78, 5) is 29.8. The Morgan fingerprint density at radius 2 is 1.60 bits per heavy atom. The molecule has 10 heteroatoms. The molecule has 0 aromatic heterocycles. The first kappa shape index (κ1) is 33.0. The minimum absolute atomic E-state index is 0.0611. The van der Waals surface area contributed by atoms with Crippen LogP contribution < -0.4 is 14.4 Å². The van der Waals surface area contributed by atoms with E-state index < -0.39 is 34.1 Å². The fourth-order valence-electron chi connectivity index (χ4n) is 4.31. The minimum atomic E-state index is -4.15. The average Bonchev–Trinajstić information content (AvgIpc) is 2.94. The standard InChI is InChI=1S/C32H41N3O5S2/c1-8-40-27-15-13-26(14-16-27)35(42(38,39)29-19-17-28(41-7)18-20-29)22-30(36)34(21-25-12-10-9-11-23(25)2)24(3)31(37)33-32(4,5)6/h9-20,24H,8,21-22H2,1-7H3,(H,33,37)/t24-/m1/s1. The number of sulfonamides is 1. The number of rotatable bonds is 12. The van der Waals surface area contributed by atoms with Gasteiger partial charge in [0.1, 0.15) is 18.3 Å². The van der Waals surface area contributed by atoms with Crippen molar-refractivity contribution in [3.63, 3.8) is 0 Å². The summed E-state index contributed by atoms with van der Waals surface area (Å²) in [6.07, 6.45) is 1.91. The van der Waals surface area contributed by atoms with Crippen LogP contribution in [-0.4, -0.2) is 56.1 Å². The number of carbonyl (C=O) groups excluding carboxylic acids is 2. The van der Waals surface area contributed by atoms with Gasteiger partial charge in [-0.05, 0) is 107 Å². The molecule has 8 nitrogen and oxygen atoms in total. The zero-order valence-electron chi connectivity index (χ0n) is 25.4. The van der Waals surface area contributed by atoms with E-state index in [1.165, 1.54) is 28.8 Å². The number of amides is 2. The Morgan fingerprint density at radius 3 is 2.14 bits per heavy atom. The highest BCUT2D eigenvalue weighted by Crippen LogP contribution is 2.28. The first-order chi connectivity index (χ1) is 19.8. The highest BCUT2D eigenvalue weighted by Gasteiger charge is 2.33. The van der Waals surface area contributed by atoms with Crippen LogP contribution in [0.3, 0.4) is 0 Å². The molecule has 0 spiro atoms. The van der Waals surface area contributed by atoms with Crippen molar-refractivity contribution in [3.05, 3.63) is 83.9 Å². The molecule has 2 amide bonds. The number of anilines is 1. The quantitative estimate of drug-likeness (QED) is 0.266. The summed E-state index contributed by atoms with van der Waals surface area (Å²) in [6.45, 7) is 11.2. The lowest BCUT2D eigenvalue weighted by molar-refractivity contribution is -0.140. The van der Waals surface area contributed by atoms with Crippen molar-refractivity contribution in [1.29, 1.82) is 0 Å². The lowest BCUT2D eigenvalue weighted by Gasteiger charge is -2.33. The van der Waals surface area contributed by atoms with Crippen molar-refractivity contribution in [2.24, 2.45) is 0 Å². The van der Waals surface area contributed by atoms with E-state index in [9.17, 15) is 18.0 Å². The molecule has 0 aliphatic rings. The van der Waals surface area contributed by atoms with Crippen LogP contribution in [0.2, 0.25) is 0 Å². The summed E-state index contributed by atoms with van der Waals surface area (Å²) in [7, 11) is -4.15. The van der Waals surface area contributed by atoms with E-state index in [-0.39, 0.29) is 17.3 Å². The Balaban J connectivity index is 2.06. The molecule has 0 heterocycles. The van der Waals surface area contributed by atoms with Crippen molar-refractivity contribution in [1.82, 2.24) is 10.2 Å². The van der Waals surface area contributed by atoms with Gasteiger partial charge < -0.3 is 15.0 Å². The molecule has 0 saturated carbocycles. The van der Waals surface area contributed by atoms with Crippen molar-refractivity contribution in [2.75, 3.05) is 23.7 Å². The van der Waals surface area contributed by atoms with E-state index in [0.717, 1.165) is 20.3 Å². The topological polar surface area (TPSA) is 96.0 Å². The third-order valence-electron chi connectivity index (χ3n) is 6.63. The van der Waals surface area contributed by atoms with Crippen molar-refractivity contribution in [2.45, 2.75) is 69.5 Å². The molecule has 0 unspecified atom stereocenters. The van der Waals surface area contributed by atoms with Crippen LogP contribution in [0.4, 0.5) is 5.69 Å². The first-order valence-electron chi connectivity index (χ1n) is 13.8. The van der Waals surface area contributed by atoms with Gasteiger partial charge in [0.25, 0.3) is 10.0 Å². The van der Waals surface area contributed by atoms with Crippen LogP contribution in [0, 0.1) is 6.92 Å². The van der Waals surface area contributed by atoms with Crippen LogP contribution in [-0.2, 0) is 26.2 Å². The second-order valence-corrected chi connectivity index (χ2v) is 13.7. The number of benzene rings is 3. The number of aryl methyl sites for hydroxylation is 1. The second-order valence-electron chi connectivity index (χ2n) is 11.0. The summed E-state index contributed by atoms with van der Waals surface area (Å²) in [5.74, 6) is -0.247. The Morgan fingerprint density at radius 1 is 0.976 bits per heavy atom. The molecular formula is C32H41N3O5S2. The van der Waals surface area contributed by atoms with Gasteiger partial charge in [0.15, 0.2) is 0 Å². The molecule has 0 radical (unpaired) electrons. The second kappa shape index (κ2) is 14.1. The van der Waals surface area contributed by atoms with Gasteiger partial charge in [-0.1, -0.05) is 24.3 Å². The maximum absolute atomic E-state index is 14.1. The van der Waals surface area contributed by atoms with Crippen LogP contribution in [0.15, 0.2) is 82.6 Å². The summed E-state index contributed by atoms with van der Waals surface area (Å²) >= 11 is 1.50. The third-order valence-corrected chi connectivity index (χ3v) is 9.16. The zero-order valence-corrected chi connectivity index (χ0v) is 27.0. The lowest BCUT2D eigenvalue weighted by Crippen LogP contribution is -2.54. The number of carbonyl (C=O) groups is 2. The van der Waals surface area contributed by atoms with E-state index in [0.29, 0.717) is 18.0 Å². The number of hydrogen-bond donors (Lipinski definition) is 1. The predicted molar refractivity (Wildman–Crippen MR) is 169 cm³/mol. The molecule has 3 aromatic rings. The van der Waals surface area contributed by atoms with Crippen LogP contribution in [0.5, 0.6) is 5.75 Å². The Bertz CT molecular complexity index is 1470. The summed E-state index contributed by atoms with van der Waals surface area (Å²) in [5, 5.41) is 2.94. The van der Waals surface area contributed by atoms with E-state index in [1.54, 1.807) is 43.3 Å².